The Morgan fingerprint density at radius 2 is 0.486 bits per heavy atom. The van der Waals surface area contributed by atoms with Gasteiger partial charge in [-0.05, 0) is 154 Å². The Labute approximate surface area is 662 Å². The predicted octanol–water partition coefficient (Wildman–Crippen LogP) is 25.5. The monoisotopic (exact) mass is 1560 g/mol. The summed E-state index contributed by atoms with van der Waals surface area (Å²) in [4.78, 5) is 58.8. The van der Waals surface area contributed by atoms with Crippen molar-refractivity contribution in [1.82, 2.24) is 0 Å². The van der Waals surface area contributed by atoms with Gasteiger partial charge in [-0.1, -0.05) is 326 Å². The number of unbranched alkanes of at least 4 members (excludes halogenated alkanes) is 28. The van der Waals surface area contributed by atoms with Crippen LogP contribution in [0.5, 0.6) is 0 Å². The van der Waals surface area contributed by atoms with Crippen molar-refractivity contribution in [3.05, 3.63) is 170 Å². The van der Waals surface area contributed by atoms with Gasteiger partial charge >= 0.3 is 33.6 Å². The Morgan fingerprint density at radius 3 is 0.780 bits per heavy atom. The highest BCUT2D eigenvalue weighted by Crippen LogP contribution is 2.45. The molecule has 4 N–H and O–H groups in total. The van der Waals surface area contributed by atoms with Crippen molar-refractivity contribution in [3.8, 4) is 0 Å². The summed E-state index contributed by atoms with van der Waals surface area (Å²) < 4.78 is 61.3. The lowest BCUT2D eigenvalue weighted by atomic mass is 10.0. The third kappa shape index (κ3) is 83.7. The van der Waals surface area contributed by atoms with E-state index < -0.39 is 91.5 Å². The summed E-state index contributed by atoms with van der Waals surface area (Å²) in [5.74, 6) is -1.63. The van der Waals surface area contributed by atoms with Crippen LogP contribution in [0.4, 0.5) is 0 Å². The van der Waals surface area contributed by atoms with Gasteiger partial charge in [-0.15, -0.1) is 0 Å². The fraction of sp³-hybridized carbons (Fsp3) is 0.659. The molecule has 109 heavy (non-hydrogen) atoms. The highest BCUT2D eigenvalue weighted by atomic mass is 31.2. The molecule has 0 aromatic heterocycles. The van der Waals surface area contributed by atoms with Crippen LogP contribution in [0.15, 0.2) is 170 Å². The zero-order valence-electron chi connectivity index (χ0n) is 68.2. The largest absolute Gasteiger partial charge is 0.472 e. The summed E-state index contributed by atoms with van der Waals surface area (Å²) >= 11 is 0. The number of aliphatic hydroxyl groups excluding tert-OH is 2. The lowest BCUT2D eigenvalue weighted by molar-refractivity contribution is -0.161. The van der Waals surface area contributed by atoms with Crippen LogP contribution >= 0.6 is 15.6 Å². The average Bonchev–Trinajstić information content (AvgIpc) is 0.900. The van der Waals surface area contributed by atoms with E-state index in [0.29, 0.717) is 19.3 Å². The van der Waals surface area contributed by atoms with Crippen molar-refractivity contribution in [2.75, 3.05) is 39.6 Å². The third-order valence-electron chi connectivity index (χ3n) is 17.4. The Bertz CT molecular complexity index is 2660. The normalized spacial score (nSPS) is 14.7. The number of phosphoric ester groups is 2. The van der Waals surface area contributed by atoms with Crippen molar-refractivity contribution < 1.29 is 75.8 Å². The fourth-order valence-corrected chi connectivity index (χ4v) is 12.6. The Balaban J connectivity index is 4.60. The number of hydrogen-bond acceptors (Lipinski definition) is 14. The zero-order valence-corrected chi connectivity index (χ0v) is 70.0. The van der Waals surface area contributed by atoms with E-state index in [1.165, 1.54) is 103 Å². The second-order valence-corrected chi connectivity index (χ2v) is 30.8. The van der Waals surface area contributed by atoms with Crippen molar-refractivity contribution in [2.45, 2.75) is 347 Å². The summed E-state index contributed by atoms with van der Waals surface area (Å²) in [6, 6.07) is 0. The van der Waals surface area contributed by atoms with Crippen LogP contribution in [-0.4, -0.2) is 95.9 Å². The minimum Gasteiger partial charge on any atom is -0.463 e. The van der Waals surface area contributed by atoms with Crippen LogP contribution in [0.1, 0.15) is 329 Å². The number of rotatable bonds is 79. The van der Waals surface area contributed by atoms with Crippen molar-refractivity contribution >= 4 is 33.6 Å². The summed E-state index contributed by atoms with van der Waals surface area (Å²) in [6.45, 7) is 2.38. The smallest absolute Gasteiger partial charge is 0.463 e. The first-order valence-corrected chi connectivity index (χ1v) is 45.4. The second kappa shape index (κ2) is 82.4. The van der Waals surface area contributed by atoms with Crippen LogP contribution in [-0.2, 0) is 55.8 Å². The molecule has 0 saturated carbocycles. The SMILES string of the molecule is CC/C=C\C/C=C\C/C=C\C/C=C\C/C=C\CCCCCCCCCC(=O)OCC(COP(=O)(O)OCC(O)COP(=O)(O)OCC(O)COC(=O)CCCCCCCCCCCCCCCCC/C=C\C/C=C\C/C=C\C/C=C\CCCCC)OC(=O)CCCCC/C=C\C/C=C\C/C=C\C/C=C\C/C=C\CC. The van der Waals surface area contributed by atoms with Gasteiger partial charge in [0, 0.05) is 19.3 Å². The molecular weight excluding hydrogens is 1410 g/mol. The first-order valence-electron chi connectivity index (χ1n) is 42.4. The molecule has 16 nitrogen and oxygen atoms in total. The molecule has 0 aliphatic carbocycles. The molecule has 0 bridgehead atoms. The molecule has 18 heteroatoms. The van der Waals surface area contributed by atoms with E-state index in [2.05, 4.69) is 191 Å². The number of allylic oxidation sites excluding steroid dienone is 28. The fourth-order valence-electron chi connectivity index (χ4n) is 11.0. The molecule has 0 fully saturated rings. The van der Waals surface area contributed by atoms with Gasteiger partial charge in [0.25, 0.3) is 0 Å². The summed E-state index contributed by atoms with van der Waals surface area (Å²) in [7, 11) is -9.82. The minimum absolute atomic E-state index is 0.0568. The van der Waals surface area contributed by atoms with E-state index >= 15 is 0 Å². The van der Waals surface area contributed by atoms with Crippen molar-refractivity contribution in [2.24, 2.45) is 0 Å². The Morgan fingerprint density at radius 1 is 0.266 bits per heavy atom. The third-order valence-corrected chi connectivity index (χ3v) is 19.3. The molecule has 0 aromatic rings. The molecule has 5 atom stereocenters. The second-order valence-electron chi connectivity index (χ2n) is 27.9. The lowest BCUT2D eigenvalue weighted by Gasteiger charge is -2.21. The van der Waals surface area contributed by atoms with Crippen LogP contribution < -0.4 is 0 Å². The molecule has 0 spiro atoms. The van der Waals surface area contributed by atoms with Gasteiger partial charge < -0.3 is 34.2 Å². The van der Waals surface area contributed by atoms with E-state index in [-0.39, 0.29) is 19.3 Å². The maximum absolute atomic E-state index is 13.0. The number of esters is 3. The van der Waals surface area contributed by atoms with Crippen molar-refractivity contribution in [1.29, 1.82) is 0 Å². The molecule has 0 aliphatic heterocycles. The van der Waals surface area contributed by atoms with Gasteiger partial charge in [0.1, 0.15) is 25.4 Å². The Hall–Kier alpha value is -5.09. The van der Waals surface area contributed by atoms with E-state index in [9.17, 15) is 43.5 Å². The van der Waals surface area contributed by atoms with E-state index in [4.69, 9.17) is 32.3 Å². The zero-order chi connectivity index (χ0) is 79.4. The summed E-state index contributed by atoms with van der Waals surface area (Å²) in [5, 5.41) is 20.7. The molecule has 0 radical (unpaired) electrons. The first kappa shape index (κ1) is 104. The Kier molecular flexibility index (Phi) is 78.5. The van der Waals surface area contributed by atoms with Crippen LogP contribution in [0, 0.1) is 0 Å². The number of phosphoric acid groups is 2. The van der Waals surface area contributed by atoms with Crippen LogP contribution in [0.25, 0.3) is 0 Å². The van der Waals surface area contributed by atoms with Gasteiger partial charge in [0.15, 0.2) is 6.10 Å². The molecule has 0 rings (SSSR count). The minimum atomic E-state index is -4.95. The maximum Gasteiger partial charge on any atom is 0.472 e. The number of aliphatic hydroxyl groups is 2. The maximum atomic E-state index is 13.0. The highest BCUT2D eigenvalue weighted by Gasteiger charge is 2.29. The van der Waals surface area contributed by atoms with Gasteiger partial charge in [-0.3, -0.25) is 32.5 Å². The molecule has 0 aromatic carbocycles. The van der Waals surface area contributed by atoms with Gasteiger partial charge in [0.05, 0.1) is 26.4 Å². The topological polar surface area (TPSA) is 231 Å². The number of hydrogen-bond donors (Lipinski definition) is 4. The molecule has 0 saturated heterocycles. The molecule has 622 valence electrons. The molecular formula is C91H152O16P2. The summed E-state index contributed by atoms with van der Waals surface area (Å²) in [6.07, 6.45) is 105. The number of ether oxygens (including phenoxy) is 3. The highest BCUT2D eigenvalue weighted by molar-refractivity contribution is 7.47. The number of carbonyl (C=O) groups excluding carboxylic acids is 3. The molecule has 0 aliphatic rings. The van der Waals surface area contributed by atoms with Gasteiger partial charge in [-0.2, -0.15) is 0 Å². The van der Waals surface area contributed by atoms with E-state index in [1.54, 1.807) is 0 Å². The molecule has 5 unspecified atom stereocenters. The quantitative estimate of drug-likeness (QED) is 0.0146. The lowest BCUT2D eigenvalue weighted by Crippen LogP contribution is -2.30. The van der Waals surface area contributed by atoms with Gasteiger partial charge in [-0.25, -0.2) is 9.13 Å². The average molecular weight is 1560 g/mol. The van der Waals surface area contributed by atoms with E-state index in [1.807, 2.05) is 0 Å². The van der Waals surface area contributed by atoms with Crippen LogP contribution in [0.2, 0.25) is 0 Å². The first-order chi connectivity index (χ1) is 53.2. The number of carbonyl (C=O) groups is 3. The molecule has 0 amide bonds. The standard InChI is InChI=1S/C91H152O16P2/c1-4-7-10-13-16-19-22-25-28-31-34-36-38-39-40-41-42-43-44-45-47-49-51-53-56-59-62-65-68-71-74-77-89(94)101-80-86(92)81-103-108(97,98)104-82-87(93)83-105-109(99,100)106-85-88(107-91(96)79-76-73-70-67-64-61-58-55-50-33-30-27-24-21-18-15-12-9-6-3)84-102-90(95)78-75-72-69-66-63-60-57-54-52-48-46-37-35-32-29-26-23-20-17-14-11-8-5-2/h8-9,11-12,16-21,25-30,34-37,39-40,48,50,52,55,61,64,86-88,92-93H,4-7,10,13-15,22-24,31-33,38,41-47,49,51,53-54,56-60,62-63,65-85H2,1-3H3,(H,97,98)(H,99,100)/b11-8-,12-9-,19-16-,20-17-,21-18-,28-25-,29-26-,30-27-,36-34-,37-35-,40-39-,52-48-,55-50-,64-61-. The molecule has 0 heterocycles. The predicted molar refractivity (Wildman–Crippen MR) is 454 cm³/mol. The van der Waals surface area contributed by atoms with Crippen molar-refractivity contribution in [3.63, 3.8) is 0 Å². The summed E-state index contributed by atoms with van der Waals surface area (Å²) in [5.41, 5.74) is 0. The van der Waals surface area contributed by atoms with Crippen LogP contribution in [0.3, 0.4) is 0 Å². The van der Waals surface area contributed by atoms with Gasteiger partial charge in [0.2, 0.25) is 0 Å². The van der Waals surface area contributed by atoms with E-state index in [0.717, 1.165) is 167 Å².